The maximum atomic E-state index is 11.5. The van der Waals surface area contributed by atoms with E-state index in [1.807, 2.05) is 48.5 Å². The van der Waals surface area contributed by atoms with Crippen molar-refractivity contribution in [2.75, 3.05) is 14.2 Å². The van der Waals surface area contributed by atoms with Gasteiger partial charge in [0.1, 0.15) is 18.1 Å². The van der Waals surface area contributed by atoms with Crippen molar-refractivity contribution in [2.24, 2.45) is 0 Å². The summed E-state index contributed by atoms with van der Waals surface area (Å²) in [4.78, 5) is 20.2. The number of aromatic carboxylic acids is 1. The Bertz CT molecular complexity index is 1370. The average Bonchev–Trinajstić information content (AvgIpc) is 3.28. The van der Waals surface area contributed by atoms with Crippen LogP contribution in [0.3, 0.4) is 0 Å². The molecule has 2 heterocycles. The third-order valence-electron chi connectivity index (χ3n) is 5.57. The van der Waals surface area contributed by atoms with Crippen LogP contribution >= 0.6 is 0 Å². The molecule has 2 aromatic carbocycles. The summed E-state index contributed by atoms with van der Waals surface area (Å²) in [6.45, 7) is 4.14. The van der Waals surface area contributed by atoms with Gasteiger partial charge in [0.05, 0.1) is 26.3 Å². The molecule has 2 N–H and O–H groups in total. The van der Waals surface area contributed by atoms with E-state index >= 15 is 0 Å². The van der Waals surface area contributed by atoms with Crippen molar-refractivity contribution in [1.82, 2.24) is 14.5 Å². The van der Waals surface area contributed by atoms with Crippen LogP contribution in [0.25, 0.3) is 17.2 Å². The molecule has 184 valence electrons. The number of ether oxygens (including phenoxy) is 3. The monoisotopic (exact) mass is 487 g/mol. The highest BCUT2D eigenvalue weighted by atomic mass is 16.5. The zero-order valence-corrected chi connectivity index (χ0v) is 19.8. The molecule has 0 unspecified atom stereocenters. The second kappa shape index (κ2) is 10.6. The molecule has 0 saturated heterocycles. The fourth-order valence-electron chi connectivity index (χ4n) is 3.93. The summed E-state index contributed by atoms with van der Waals surface area (Å²) < 4.78 is 18.1. The van der Waals surface area contributed by atoms with Crippen molar-refractivity contribution in [2.45, 2.75) is 13.2 Å². The molecule has 0 fully saturated rings. The molecule has 0 radical (unpaired) electrons. The molecular formula is C27H25N3O6. The quantitative estimate of drug-likeness (QED) is 0.332. The first-order valence-corrected chi connectivity index (χ1v) is 11.0. The molecule has 0 spiro atoms. The van der Waals surface area contributed by atoms with Crippen molar-refractivity contribution in [3.05, 3.63) is 89.8 Å². The van der Waals surface area contributed by atoms with Gasteiger partial charge in [-0.15, -0.1) is 0 Å². The first-order chi connectivity index (χ1) is 17.4. The number of methoxy groups -OCH3 is 2. The van der Waals surface area contributed by atoms with E-state index in [1.54, 1.807) is 6.08 Å². The van der Waals surface area contributed by atoms with Gasteiger partial charge < -0.3 is 29.0 Å². The molecule has 4 rings (SSSR count). The number of hydrogen-bond acceptors (Lipinski definition) is 7. The molecule has 0 amide bonds. The molecule has 0 saturated carbocycles. The number of carboxylic acid groups (broad SMARTS) is 1. The highest BCUT2D eigenvalue weighted by Gasteiger charge is 2.21. The molecule has 4 aromatic rings. The van der Waals surface area contributed by atoms with E-state index in [0.717, 1.165) is 28.3 Å². The zero-order valence-electron chi connectivity index (χ0n) is 19.8. The minimum atomic E-state index is -1.19. The van der Waals surface area contributed by atoms with Gasteiger partial charge in [0.2, 0.25) is 11.8 Å². The standard InChI is InChI=1S/C27H25N3O6/c1-4-20-18(11-8-12-21(20)17-9-6-5-7-10-17)16-36-27-28-24(34-2)22(25(29-27)35-3)15-30-14-19(31)13-23(30)26(32)33/h4-14,31H,1,15-16H2,2-3H3,(H,32,33). The molecule has 0 aliphatic heterocycles. The maximum absolute atomic E-state index is 11.5. The van der Waals surface area contributed by atoms with Crippen molar-refractivity contribution < 1.29 is 29.2 Å². The lowest BCUT2D eigenvalue weighted by Crippen LogP contribution is -2.12. The van der Waals surface area contributed by atoms with Crippen LogP contribution in [0.1, 0.15) is 27.2 Å². The molecular weight excluding hydrogens is 462 g/mol. The Kier molecular flexibility index (Phi) is 7.20. The first-order valence-electron chi connectivity index (χ1n) is 11.0. The molecule has 0 aliphatic carbocycles. The van der Waals surface area contributed by atoms with Crippen molar-refractivity contribution >= 4 is 12.0 Å². The van der Waals surface area contributed by atoms with Gasteiger partial charge in [0, 0.05) is 12.3 Å². The van der Waals surface area contributed by atoms with E-state index in [0.29, 0.717) is 5.56 Å². The smallest absolute Gasteiger partial charge is 0.352 e. The first kappa shape index (κ1) is 24.3. The van der Waals surface area contributed by atoms with E-state index in [4.69, 9.17) is 14.2 Å². The zero-order chi connectivity index (χ0) is 25.7. The largest absolute Gasteiger partial charge is 0.506 e. The number of nitrogens with zero attached hydrogens (tertiary/aromatic N) is 3. The van der Waals surface area contributed by atoms with Gasteiger partial charge in [-0.2, -0.15) is 9.97 Å². The second-order valence-corrected chi connectivity index (χ2v) is 7.76. The lowest BCUT2D eigenvalue weighted by atomic mass is 9.96. The number of carbonyl (C=O) groups is 1. The van der Waals surface area contributed by atoms with E-state index in [2.05, 4.69) is 16.5 Å². The number of aromatic hydroxyl groups is 1. The summed E-state index contributed by atoms with van der Waals surface area (Å²) in [5.41, 5.74) is 4.21. The highest BCUT2D eigenvalue weighted by Crippen LogP contribution is 2.31. The summed E-state index contributed by atoms with van der Waals surface area (Å²) in [6, 6.07) is 17.1. The Morgan fingerprint density at radius 1 is 1.06 bits per heavy atom. The molecule has 36 heavy (non-hydrogen) atoms. The Morgan fingerprint density at radius 3 is 2.36 bits per heavy atom. The van der Waals surface area contributed by atoms with Gasteiger partial charge in [0.25, 0.3) is 0 Å². The van der Waals surface area contributed by atoms with Crippen LogP contribution in [0.2, 0.25) is 0 Å². The lowest BCUT2D eigenvalue weighted by molar-refractivity contribution is 0.0685. The number of aromatic nitrogens is 3. The van der Waals surface area contributed by atoms with Gasteiger partial charge in [-0.1, -0.05) is 61.2 Å². The number of benzene rings is 2. The predicted octanol–water partition coefficient (Wildman–Crippen LogP) is 4.64. The normalized spacial score (nSPS) is 10.6. The highest BCUT2D eigenvalue weighted by molar-refractivity contribution is 5.86. The molecule has 0 atom stereocenters. The fraction of sp³-hybridized carbons (Fsp3) is 0.148. The second-order valence-electron chi connectivity index (χ2n) is 7.76. The van der Waals surface area contributed by atoms with Crippen molar-refractivity contribution in [3.63, 3.8) is 0 Å². The third kappa shape index (κ3) is 5.00. The molecule has 0 aliphatic rings. The Hall–Kier alpha value is -4.79. The topological polar surface area (TPSA) is 116 Å². The molecule has 2 aromatic heterocycles. The Balaban J connectivity index is 1.63. The van der Waals surface area contributed by atoms with Gasteiger partial charge in [-0.25, -0.2) is 4.79 Å². The lowest BCUT2D eigenvalue weighted by Gasteiger charge is -2.16. The van der Waals surface area contributed by atoms with E-state index < -0.39 is 5.97 Å². The summed E-state index contributed by atoms with van der Waals surface area (Å²) in [7, 11) is 2.86. The van der Waals surface area contributed by atoms with Crippen LogP contribution in [0.15, 0.2) is 67.4 Å². The van der Waals surface area contributed by atoms with Gasteiger partial charge in [0.15, 0.2) is 0 Å². The van der Waals surface area contributed by atoms with E-state index in [1.165, 1.54) is 25.0 Å². The molecule has 9 nitrogen and oxygen atoms in total. The van der Waals surface area contributed by atoms with Crippen LogP contribution in [0.4, 0.5) is 0 Å². The van der Waals surface area contributed by atoms with Crippen molar-refractivity contribution in [3.8, 4) is 34.6 Å². The van der Waals surface area contributed by atoms with Crippen LogP contribution in [0.5, 0.6) is 23.5 Å². The van der Waals surface area contributed by atoms with Gasteiger partial charge >= 0.3 is 12.0 Å². The minimum absolute atomic E-state index is 0.00540. The number of rotatable bonds is 10. The van der Waals surface area contributed by atoms with Crippen LogP contribution in [-0.4, -0.2) is 44.9 Å². The van der Waals surface area contributed by atoms with Crippen LogP contribution in [0, 0.1) is 0 Å². The minimum Gasteiger partial charge on any atom is -0.506 e. The number of carboxylic acids is 1. The summed E-state index contributed by atoms with van der Waals surface area (Å²) in [5.74, 6) is -1.06. The third-order valence-corrected chi connectivity index (χ3v) is 5.57. The van der Waals surface area contributed by atoms with Crippen LogP contribution < -0.4 is 14.2 Å². The fourth-order valence-corrected chi connectivity index (χ4v) is 3.93. The number of hydrogen-bond donors (Lipinski definition) is 2. The average molecular weight is 488 g/mol. The molecule has 9 heteroatoms. The SMILES string of the molecule is C=Cc1c(COc2nc(OC)c(Cn3cc(O)cc3C(=O)O)c(OC)n2)cccc1-c1ccccc1. The van der Waals surface area contributed by atoms with Crippen molar-refractivity contribution in [1.29, 1.82) is 0 Å². The Labute approximate surface area is 207 Å². The summed E-state index contributed by atoms with van der Waals surface area (Å²) >= 11 is 0. The van der Waals surface area contributed by atoms with E-state index in [-0.39, 0.29) is 42.4 Å². The maximum Gasteiger partial charge on any atom is 0.352 e. The van der Waals surface area contributed by atoms with Gasteiger partial charge in [-0.3, -0.25) is 0 Å². The molecule has 0 bridgehead atoms. The van der Waals surface area contributed by atoms with Gasteiger partial charge in [-0.05, 0) is 22.3 Å². The van der Waals surface area contributed by atoms with Crippen LogP contribution in [-0.2, 0) is 13.2 Å². The Morgan fingerprint density at radius 2 is 1.75 bits per heavy atom. The summed E-state index contributed by atoms with van der Waals surface area (Å²) in [5, 5.41) is 19.2. The summed E-state index contributed by atoms with van der Waals surface area (Å²) in [6.07, 6.45) is 3.09. The predicted molar refractivity (Wildman–Crippen MR) is 134 cm³/mol. The van der Waals surface area contributed by atoms with E-state index in [9.17, 15) is 15.0 Å².